The molecule has 0 nitrogen and oxygen atoms in total. The molecule has 0 aromatic heterocycles. The molecule has 84 valence electrons. The Hall–Kier alpha value is -0.260. The number of hydrogen-bond acceptors (Lipinski definition) is 0. The average molecular weight is 204 g/mol. The van der Waals surface area contributed by atoms with Crippen molar-refractivity contribution in [3.63, 3.8) is 0 Å². The maximum absolute atomic E-state index is 2.63. The fraction of sp³-hybridized carbons (Fsp3) is 0.867. The summed E-state index contributed by atoms with van der Waals surface area (Å²) < 4.78 is 0. The van der Waals surface area contributed by atoms with Gasteiger partial charge in [-0.1, -0.05) is 32.4 Å². The highest BCUT2D eigenvalue weighted by Crippen LogP contribution is 2.73. The van der Waals surface area contributed by atoms with Gasteiger partial charge in [0.25, 0.3) is 0 Å². The molecule has 2 fully saturated rings. The van der Waals surface area contributed by atoms with E-state index < -0.39 is 0 Å². The predicted octanol–water partition coefficient (Wildman–Crippen LogP) is 4.42. The van der Waals surface area contributed by atoms with Crippen LogP contribution in [0.25, 0.3) is 0 Å². The molecular formula is C15H24. The minimum Gasteiger partial charge on any atom is -0.0788 e. The molecule has 3 aliphatic rings. The second-order valence-electron chi connectivity index (χ2n) is 6.73. The molecule has 3 rings (SSSR count). The molecule has 0 aliphatic heterocycles. The van der Waals surface area contributed by atoms with Crippen molar-refractivity contribution < 1.29 is 0 Å². The summed E-state index contributed by atoms with van der Waals surface area (Å²) in [6.07, 6.45) is 8.54. The molecular weight excluding hydrogens is 180 g/mol. The maximum atomic E-state index is 2.63. The molecule has 0 N–H and O–H groups in total. The van der Waals surface area contributed by atoms with Crippen LogP contribution in [0.3, 0.4) is 0 Å². The standard InChI is InChI=1S/C15H24/c1-10-5-8-15-12(3)11(2)9-14(15,4)7-6-13(10)15/h9-10,12-13H,5-8H2,1-4H3/t10-,12+,13+,14+,15+/m0/s1. The third-order valence-electron chi connectivity index (χ3n) is 6.40. The molecule has 0 aromatic carbocycles. The van der Waals surface area contributed by atoms with Crippen molar-refractivity contribution in [2.45, 2.75) is 53.4 Å². The van der Waals surface area contributed by atoms with Crippen LogP contribution in [0.15, 0.2) is 11.6 Å². The summed E-state index contributed by atoms with van der Waals surface area (Å²) in [7, 11) is 0. The first kappa shape index (κ1) is 9.93. The van der Waals surface area contributed by atoms with Gasteiger partial charge in [0.2, 0.25) is 0 Å². The van der Waals surface area contributed by atoms with E-state index in [9.17, 15) is 0 Å². The summed E-state index contributed by atoms with van der Waals surface area (Å²) in [5, 5.41) is 0. The van der Waals surface area contributed by atoms with Crippen LogP contribution >= 0.6 is 0 Å². The van der Waals surface area contributed by atoms with Crippen molar-refractivity contribution in [2.75, 3.05) is 0 Å². The summed E-state index contributed by atoms with van der Waals surface area (Å²) in [6, 6.07) is 0. The Kier molecular flexibility index (Phi) is 1.79. The second kappa shape index (κ2) is 2.70. The van der Waals surface area contributed by atoms with Gasteiger partial charge in [-0.3, -0.25) is 0 Å². The van der Waals surface area contributed by atoms with Gasteiger partial charge in [0, 0.05) is 0 Å². The minimum absolute atomic E-state index is 0.548. The zero-order chi connectivity index (χ0) is 10.8. The van der Waals surface area contributed by atoms with Crippen LogP contribution in [0.2, 0.25) is 0 Å². The Morgan fingerprint density at radius 2 is 1.93 bits per heavy atom. The van der Waals surface area contributed by atoms with E-state index in [0.717, 1.165) is 17.8 Å². The Labute approximate surface area is 94.1 Å². The van der Waals surface area contributed by atoms with E-state index in [1.54, 1.807) is 5.57 Å². The van der Waals surface area contributed by atoms with Gasteiger partial charge in [0.15, 0.2) is 0 Å². The van der Waals surface area contributed by atoms with Gasteiger partial charge in [0.05, 0.1) is 0 Å². The Bertz CT molecular complexity index is 327. The maximum Gasteiger partial charge on any atom is -0.00790 e. The molecule has 0 bridgehead atoms. The first-order chi connectivity index (χ1) is 7.01. The summed E-state index contributed by atoms with van der Waals surface area (Å²) in [5.74, 6) is 2.85. The van der Waals surface area contributed by atoms with Gasteiger partial charge >= 0.3 is 0 Å². The van der Waals surface area contributed by atoms with Gasteiger partial charge in [0.1, 0.15) is 0 Å². The zero-order valence-corrected chi connectivity index (χ0v) is 10.6. The third-order valence-corrected chi connectivity index (χ3v) is 6.40. The van der Waals surface area contributed by atoms with Crippen molar-refractivity contribution in [3.05, 3.63) is 11.6 Å². The van der Waals surface area contributed by atoms with E-state index in [-0.39, 0.29) is 0 Å². The van der Waals surface area contributed by atoms with Crippen molar-refractivity contribution in [1.82, 2.24) is 0 Å². The summed E-state index contributed by atoms with van der Waals surface area (Å²) in [6.45, 7) is 9.89. The molecule has 0 saturated heterocycles. The average Bonchev–Trinajstić information content (AvgIpc) is 2.70. The number of allylic oxidation sites excluding steroid dienone is 2. The molecule has 0 aromatic rings. The molecule has 5 atom stereocenters. The number of hydrogen-bond donors (Lipinski definition) is 0. The molecule has 0 heteroatoms. The van der Waals surface area contributed by atoms with E-state index in [2.05, 4.69) is 33.8 Å². The molecule has 0 unspecified atom stereocenters. The van der Waals surface area contributed by atoms with Gasteiger partial charge in [-0.25, -0.2) is 0 Å². The minimum atomic E-state index is 0.548. The quantitative estimate of drug-likeness (QED) is 0.513. The van der Waals surface area contributed by atoms with Crippen LogP contribution in [-0.2, 0) is 0 Å². The fourth-order valence-corrected chi connectivity index (χ4v) is 5.57. The molecule has 0 amide bonds. The lowest BCUT2D eigenvalue weighted by molar-refractivity contribution is 0.0733. The lowest BCUT2D eigenvalue weighted by atomic mass is 9.61. The van der Waals surface area contributed by atoms with Crippen LogP contribution in [0.1, 0.15) is 53.4 Å². The largest absolute Gasteiger partial charge is 0.0788 e. The summed E-state index contributed by atoms with van der Waals surface area (Å²) in [4.78, 5) is 0. The van der Waals surface area contributed by atoms with Crippen LogP contribution in [-0.4, -0.2) is 0 Å². The highest BCUT2D eigenvalue weighted by molar-refractivity contribution is 5.31. The van der Waals surface area contributed by atoms with Gasteiger partial charge in [-0.2, -0.15) is 0 Å². The summed E-state index contributed by atoms with van der Waals surface area (Å²) in [5.41, 5.74) is 2.89. The molecule has 1 spiro atoms. The van der Waals surface area contributed by atoms with Crippen LogP contribution in [0.5, 0.6) is 0 Å². The van der Waals surface area contributed by atoms with Gasteiger partial charge in [-0.15, -0.1) is 0 Å². The third kappa shape index (κ3) is 0.905. The van der Waals surface area contributed by atoms with Crippen LogP contribution in [0.4, 0.5) is 0 Å². The lowest BCUT2D eigenvalue weighted by Gasteiger charge is -2.42. The van der Waals surface area contributed by atoms with Gasteiger partial charge < -0.3 is 0 Å². The molecule has 3 aliphatic carbocycles. The fourth-order valence-electron chi connectivity index (χ4n) is 5.57. The molecule has 15 heavy (non-hydrogen) atoms. The molecule has 0 radical (unpaired) electrons. The second-order valence-corrected chi connectivity index (χ2v) is 6.73. The number of rotatable bonds is 0. The normalized spacial score (nSPS) is 57.9. The Balaban J connectivity index is 2.11. The van der Waals surface area contributed by atoms with E-state index >= 15 is 0 Å². The highest BCUT2D eigenvalue weighted by Gasteiger charge is 2.65. The van der Waals surface area contributed by atoms with E-state index in [1.165, 1.54) is 25.7 Å². The topological polar surface area (TPSA) is 0 Å². The van der Waals surface area contributed by atoms with Crippen LogP contribution < -0.4 is 0 Å². The van der Waals surface area contributed by atoms with E-state index in [4.69, 9.17) is 0 Å². The van der Waals surface area contributed by atoms with E-state index in [1.807, 2.05) is 0 Å². The molecule has 2 saturated carbocycles. The molecule has 0 heterocycles. The Morgan fingerprint density at radius 3 is 2.67 bits per heavy atom. The smallest absolute Gasteiger partial charge is 0.00790 e. The predicted molar refractivity (Wildman–Crippen MR) is 64.6 cm³/mol. The first-order valence-electron chi connectivity index (χ1n) is 6.71. The lowest BCUT2D eigenvalue weighted by Crippen LogP contribution is -2.37. The Morgan fingerprint density at radius 1 is 1.20 bits per heavy atom. The highest BCUT2D eigenvalue weighted by atomic mass is 14.7. The SMILES string of the molecule is CC1=C[C@@]2(C)CC[C@@H]3[C@@H](C)CC[C@@]32[C@@H]1C. The van der Waals surface area contributed by atoms with Gasteiger partial charge in [-0.05, 0) is 61.2 Å². The zero-order valence-electron chi connectivity index (χ0n) is 10.6. The van der Waals surface area contributed by atoms with Crippen LogP contribution in [0, 0.1) is 28.6 Å². The first-order valence-corrected chi connectivity index (χ1v) is 6.71. The summed E-state index contributed by atoms with van der Waals surface area (Å²) >= 11 is 0. The van der Waals surface area contributed by atoms with Crippen molar-refractivity contribution in [1.29, 1.82) is 0 Å². The van der Waals surface area contributed by atoms with Crippen molar-refractivity contribution in [2.24, 2.45) is 28.6 Å². The van der Waals surface area contributed by atoms with Crippen molar-refractivity contribution >= 4 is 0 Å². The monoisotopic (exact) mass is 204 g/mol. The van der Waals surface area contributed by atoms with E-state index in [0.29, 0.717) is 10.8 Å². The van der Waals surface area contributed by atoms with Crippen molar-refractivity contribution in [3.8, 4) is 0 Å².